The van der Waals surface area contributed by atoms with Crippen molar-refractivity contribution in [1.29, 1.82) is 0 Å². The highest BCUT2D eigenvalue weighted by atomic mass is 32.2. The molecule has 1 heterocycles. The number of sulfonamides is 1. The van der Waals surface area contributed by atoms with Gasteiger partial charge in [-0.25, -0.2) is 13.1 Å². The topological polar surface area (TPSA) is 71.1 Å². The van der Waals surface area contributed by atoms with Gasteiger partial charge >= 0.3 is 0 Å². The second-order valence-electron chi connectivity index (χ2n) is 4.53. The van der Waals surface area contributed by atoms with Crippen LogP contribution in [0.25, 0.3) is 0 Å². The van der Waals surface area contributed by atoms with Gasteiger partial charge in [0.05, 0.1) is 17.1 Å². The van der Waals surface area contributed by atoms with Crippen LogP contribution >= 0.6 is 0 Å². The van der Waals surface area contributed by atoms with Crippen molar-refractivity contribution >= 4 is 10.0 Å². The average molecular weight is 305 g/mol. The van der Waals surface area contributed by atoms with E-state index in [1.54, 1.807) is 30.5 Å². The lowest BCUT2D eigenvalue weighted by atomic mass is 10.2. The minimum Gasteiger partial charge on any atom is -0.313 e. The number of aromatic nitrogens is 1. The fourth-order valence-electron chi connectivity index (χ4n) is 1.92. The summed E-state index contributed by atoms with van der Waals surface area (Å²) in [5.74, 6) is 0. The summed E-state index contributed by atoms with van der Waals surface area (Å²) in [6.45, 7) is 3.47. The number of rotatable bonds is 7. The van der Waals surface area contributed by atoms with E-state index in [1.807, 2.05) is 25.1 Å². The zero-order chi connectivity index (χ0) is 15.1. The first-order valence-corrected chi connectivity index (χ1v) is 8.30. The van der Waals surface area contributed by atoms with Gasteiger partial charge in [-0.2, -0.15) is 0 Å². The zero-order valence-electron chi connectivity index (χ0n) is 11.9. The molecule has 6 heteroatoms. The Morgan fingerprint density at radius 1 is 1.05 bits per heavy atom. The van der Waals surface area contributed by atoms with Gasteiger partial charge < -0.3 is 5.32 Å². The van der Waals surface area contributed by atoms with E-state index in [9.17, 15) is 8.42 Å². The molecule has 2 N–H and O–H groups in total. The Morgan fingerprint density at radius 2 is 1.81 bits per heavy atom. The highest BCUT2D eigenvalue weighted by Gasteiger charge is 2.17. The lowest BCUT2D eigenvalue weighted by molar-refractivity contribution is 0.578. The first kappa shape index (κ1) is 15.6. The Kier molecular flexibility index (Phi) is 5.44. The maximum absolute atomic E-state index is 12.4. The molecule has 0 saturated heterocycles. The van der Waals surface area contributed by atoms with E-state index in [4.69, 9.17) is 0 Å². The van der Waals surface area contributed by atoms with E-state index in [0.29, 0.717) is 17.1 Å². The molecule has 0 spiro atoms. The lowest BCUT2D eigenvalue weighted by Gasteiger charge is -2.11. The molecule has 0 saturated carbocycles. The molecule has 1 aromatic carbocycles. The molecule has 21 heavy (non-hydrogen) atoms. The van der Waals surface area contributed by atoms with E-state index in [-0.39, 0.29) is 6.54 Å². The highest BCUT2D eigenvalue weighted by Crippen LogP contribution is 2.15. The van der Waals surface area contributed by atoms with E-state index < -0.39 is 10.0 Å². The largest absolute Gasteiger partial charge is 0.313 e. The summed E-state index contributed by atoms with van der Waals surface area (Å²) >= 11 is 0. The molecule has 0 radical (unpaired) electrons. The Morgan fingerprint density at radius 3 is 2.52 bits per heavy atom. The van der Waals surface area contributed by atoms with Crippen LogP contribution in [0, 0.1) is 0 Å². The van der Waals surface area contributed by atoms with Gasteiger partial charge in [0.15, 0.2) is 0 Å². The molecule has 0 amide bonds. The maximum atomic E-state index is 12.4. The van der Waals surface area contributed by atoms with Crippen LogP contribution in [0.1, 0.15) is 18.2 Å². The molecule has 0 aliphatic carbocycles. The molecule has 0 aliphatic heterocycles. The molecule has 0 aliphatic rings. The fourth-order valence-corrected chi connectivity index (χ4v) is 3.16. The maximum Gasteiger partial charge on any atom is 0.241 e. The highest BCUT2D eigenvalue weighted by molar-refractivity contribution is 7.89. The third-order valence-corrected chi connectivity index (χ3v) is 4.50. The molecule has 5 nitrogen and oxygen atoms in total. The summed E-state index contributed by atoms with van der Waals surface area (Å²) in [4.78, 5) is 4.42. The van der Waals surface area contributed by atoms with Crippen molar-refractivity contribution in [2.24, 2.45) is 0 Å². The Bertz CT molecular complexity index is 672. The minimum atomic E-state index is -3.55. The normalized spacial score (nSPS) is 11.5. The van der Waals surface area contributed by atoms with Gasteiger partial charge in [0.1, 0.15) is 0 Å². The van der Waals surface area contributed by atoms with Gasteiger partial charge in [0.25, 0.3) is 0 Å². The predicted molar refractivity (Wildman–Crippen MR) is 82.1 cm³/mol. The van der Waals surface area contributed by atoms with Crippen LogP contribution in [-0.2, 0) is 23.1 Å². The zero-order valence-corrected chi connectivity index (χ0v) is 12.7. The summed E-state index contributed by atoms with van der Waals surface area (Å²) in [5.41, 5.74) is 1.44. The van der Waals surface area contributed by atoms with Crippen molar-refractivity contribution in [1.82, 2.24) is 15.0 Å². The summed E-state index contributed by atoms with van der Waals surface area (Å²) in [7, 11) is -3.55. The van der Waals surface area contributed by atoms with Crippen LogP contribution in [0.3, 0.4) is 0 Å². The molecule has 1 aromatic heterocycles. The summed E-state index contributed by atoms with van der Waals surface area (Å²) in [6, 6.07) is 12.4. The molecule has 2 rings (SSSR count). The van der Waals surface area contributed by atoms with E-state index in [2.05, 4.69) is 15.0 Å². The van der Waals surface area contributed by atoms with E-state index >= 15 is 0 Å². The standard InChI is InChI=1S/C15H19N3O2S/c1-2-16-11-13-7-3-4-9-15(13)21(19,20)18-12-14-8-5-6-10-17-14/h3-10,16,18H,2,11-12H2,1H3. The van der Waals surface area contributed by atoms with Gasteiger partial charge in [-0.3, -0.25) is 4.98 Å². The average Bonchev–Trinajstić information content (AvgIpc) is 2.52. The SMILES string of the molecule is CCNCc1ccccc1S(=O)(=O)NCc1ccccn1. The summed E-state index contributed by atoms with van der Waals surface area (Å²) in [6.07, 6.45) is 1.64. The number of hydrogen-bond acceptors (Lipinski definition) is 4. The predicted octanol–water partition coefficient (Wildman–Crippen LogP) is 1.67. The first-order valence-electron chi connectivity index (χ1n) is 6.81. The van der Waals surface area contributed by atoms with Crippen molar-refractivity contribution in [2.75, 3.05) is 6.54 Å². The van der Waals surface area contributed by atoms with Crippen LogP contribution in [0.15, 0.2) is 53.6 Å². The number of hydrogen-bond donors (Lipinski definition) is 2. The van der Waals surface area contributed by atoms with Gasteiger partial charge in [0.2, 0.25) is 10.0 Å². The number of pyridine rings is 1. The van der Waals surface area contributed by atoms with Gasteiger partial charge in [0, 0.05) is 12.7 Å². The summed E-state index contributed by atoms with van der Waals surface area (Å²) in [5, 5.41) is 3.15. The molecule has 0 atom stereocenters. The molecule has 112 valence electrons. The van der Waals surface area contributed by atoms with Crippen LogP contribution in [0.2, 0.25) is 0 Å². The number of nitrogens with one attached hydrogen (secondary N) is 2. The van der Waals surface area contributed by atoms with Crippen molar-refractivity contribution in [3.8, 4) is 0 Å². The second-order valence-corrected chi connectivity index (χ2v) is 6.27. The molecular formula is C15H19N3O2S. The van der Waals surface area contributed by atoms with Crippen LogP contribution < -0.4 is 10.0 Å². The fraction of sp³-hybridized carbons (Fsp3) is 0.267. The number of nitrogens with zero attached hydrogens (tertiary/aromatic N) is 1. The number of benzene rings is 1. The van der Waals surface area contributed by atoms with E-state index in [0.717, 1.165) is 12.1 Å². The Labute approximate surface area is 125 Å². The third-order valence-electron chi connectivity index (χ3n) is 3.00. The second kappa shape index (κ2) is 7.31. The van der Waals surface area contributed by atoms with Gasteiger partial charge in [-0.15, -0.1) is 0 Å². The molecule has 0 bridgehead atoms. The van der Waals surface area contributed by atoms with Crippen LogP contribution in [-0.4, -0.2) is 19.9 Å². The first-order chi connectivity index (χ1) is 10.1. The van der Waals surface area contributed by atoms with Gasteiger partial charge in [-0.05, 0) is 30.3 Å². The monoisotopic (exact) mass is 305 g/mol. The smallest absolute Gasteiger partial charge is 0.241 e. The summed E-state index contributed by atoms with van der Waals surface area (Å²) < 4.78 is 27.4. The van der Waals surface area contributed by atoms with Crippen LogP contribution in [0.5, 0.6) is 0 Å². The van der Waals surface area contributed by atoms with Gasteiger partial charge in [-0.1, -0.05) is 31.2 Å². The Balaban J connectivity index is 2.15. The molecular weight excluding hydrogens is 286 g/mol. The molecule has 0 fully saturated rings. The molecule has 0 unspecified atom stereocenters. The van der Waals surface area contributed by atoms with Crippen molar-refractivity contribution in [2.45, 2.75) is 24.9 Å². The van der Waals surface area contributed by atoms with Crippen molar-refractivity contribution in [3.05, 3.63) is 59.9 Å². The van der Waals surface area contributed by atoms with Crippen molar-refractivity contribution < 1.29 is 8.42 Å². The van der Waals surface area contributed by atoms with Crippen LogP contribution in [0.4, 0.5) is 0 Å². The minimum absolute atomic E-state index is 0.179. The molecule has 2 aromatic rings. The quantitative estimate of drug-likeness (QED) is 0.816. The van der Waals surface area contributed by atoms with E-state index in [1.165, 1.54) is 0 Å². The third kappa shape index (κ3) is 4.35. The van der Waals surface area contributed by atoms with Crippen molar-refractivity contribution in [3.63, 3.8) is 0 Å². The lowest BCUT2D eigenvalue weighted by Crippen LogP contribution is -2.25. The Hall–Kier alpha value is -1.76.